The van der Waals surface area contributed by atoms with E-state index in [2.05, 4.69) is 11.4 Å². The number of amides is 2. The molecule has 6 heteroatoms. The van der Waals surface area contributed by atoms with Gasteiger partial charge in [-0.15, -0.1) is 0 Å². The summed E-state index contributed by atoms with van der Waals surface area (Å²) in [4.78, 5) is 28.1. The molecule has 2 aliphatic heterocycles. The van der Waals surface area contributed by atoms with Gasteiger partial charge in [0.1, 0.15) is 6.04 Å². The van der Waals surface area contributed by atoms with Crippen molar-refractivity contribution in [2.24, 2.45) is 5.92 Å². The molecule has 0 saturated heterocycles. The fraction of sp³-hybridized carbons (Fsp3) is 0.440. The van der Waals surface area contributed by atoms with E-state index < -0.39 is 6.04 Å². The van der Waals surface area contributed by atoms with Crippen molar-refractivity contribution in [1.82, 2.24) is 10.2 Å². The largest absolute Gasteiger partial charge is 0.490 e. The number of hydrogen-bond donors (Lipinski definition) is 1. The highest BCUT2D eigenvalue weighted by molar-refractivity contribution is 5.97. The zero-order valence-corrected chi connectivity index (χ0v) is 18.4. The maximum Gasteiger partial charge on any atom is 0.251 e. The van der Waals surface area contributed by atoms with Crippen molar-refractivity contribution in [1.29, 1.82) is 0 Å². The fourth-order valence-corrected chi connectivity index (χ4v) is 4.28. The van der Waals surface area contributed by atoms with Crippen molar-refractivity contribution in [2.45, 2.75) is 45.7 Å². The van der Waals surface area contributed by atoms with Crippen molar-refractivity contribution in [3.8, 4) is 11.5 Å². The third-order valence-electron chi connectivity index (χ3n) is 6.09. The molecule has 0 fully saturated rings. The molecule has 0 bridgehead atoms. The molecule has 0 aromatic heterocycles. The number of carbonyl (C=O) groups is 2. The third-order valence-corrected chi connectivity index (χ3v) is 6.09. The Hall–Kier alpha value is -3.02. The van der Waals surface area contributed by atoms with Gasteiger partial charge < -0.3 is 19.7 Å². The van der Waals surface area contributed by atoms with Gasteiger partial charge in [0.25, 0.3) is 5.91 Å². The van der Waals surface area contributed by atoms with E-state index in [1.54, 1.807) is 12.1 Å². The molecule has 164 valence electrons. The number of ether oxygens (including phenoxy) is 2. The molecule has 2 aromatic carbocycles. The van der Waals surface area contributed by atoms with Gasteiger partial charge in [0.05, 0.1) is 19.3 Å². The Morgan fingerprint density at radius 2 is 1.74 bits per heavy atom. The second-order valence-corrected chi connectivity index (χ2v) is 8.57. The molecule has 2 heterocycles. The van der Waals surface area contributed by atoms with Crippen LogP contribution >= 0.6 is 0 Å². The second kappa shape index (κ2) is 9.00. The Balaban J connectivity index is 1.55. The second-order valence-electron chi connectivity index (χ2n) is 8.57. The van der Waals surface area contributed by atoms with Crippen molar-refractivity contribution in [3.63, 3.8) is 0 Å². The van der Waals surface area contributed by atoms with E-state index >= 15 is 0 Å². The highest BCUT2D eigenvalue weighted by Crippen LogP contribution is 2.39. The van der Waals surface area contributed by atoms with E-state index in [1.807, 2.05) is 49.9 Å². The Morgan fingerprint density at radius 3 is 2.42 bits per heavy atom. The number of carbonyl (C=O) groups excluding carboxylic acids is 2. The first kappa shape index (κ1) is 21.2. The minimum absolute atomic E-state index is 0.0301. The zero-order chi connectivity index (χ0) is 22.0. The standard InChI is InChI=1S/C25H30N2O4/c1-16(2)23(26-24(28)18-8-5-4-6-9-18)25(29)27-11-10-19-14-21-22(15-20(19)17(27)3)31-13-7-12-30-21/h4-6,8-9,14-17,23H,7,10-13H2,1-3H3,(H,26,28)/t17-,23+/m0/s1. The molecule has 6 nitrogen and oxygen atoms in total. The Bertz CT molecular complexity index is 957. The highest BCUT2D eigenvalue weighted by Gasteiger charge is 2.35. The summed E-state index contributed by atoms with van der Waals surface area (Å²) < 4.78 is 11.7. The first-order valence-electron chi connectivity index (χ1n) is 11.0. The van der Waals surface area contributed by atoms with Crippen LogP contribution in [0.25, 0.3) is 0 Å². The van der Waals surface area contributed by atoms with Gasteiger partial charge in [-0.3, -0.25) is 9.59 Å². The van der Waals surface area contributed by atoms with Gasteiger partial charge in [-0.2, -0.15) is 0 Å². The normalized spacial score (nSPS) is 18.7. The summed E-state index contributed by atoms with van der Waals surface area (Å²) in [7, 11) is 0. The van der Waals surface area contributed by atoms with Crippen LogP contribution < -0.4 is 14.8 Å². The van der Waals surface area contributed by atoms with Gasteiger partial charge in [-0.05, 0) is 54.7 Å². The molecule has 2 aliphatic rings. The predicted molar refractivity (Wildman–Crippen MR) is 118 cm³/mol. The van der Waals surface area contributed by atoms with Crippen LogP contribution in [-0.4, -0.2) is 42.5 Å². The minimum Gasteiger partial charge on any atom is -0.490 e. The average molecular weight is 423 g/mol. The lowest BCUT2D eigenvalue weighted by molar-refractivity contribution is -0.137. The number of fused-ring (bicyclic) bond motifs is 2. The van der Waals surface area contributed by atoms with Crippen molar-refractivity contribution < 1.29 is 19.1 Å². The van der Waals surface area contributed by atoms with Crippen LogP contribution in [0.15, 0.2) is 42.5 Å². The first-order chi connectivity index (χ1) is 15.0. The summed E-state index contributed by atoms with van der Waals surface area (Å²) in [5.74, 6) is 1.23. The molecule has 0 unspecified atom stereocenters. The van der Waals surface area contributed by atoms with Crippen molar-refractivity contribution in [3.05, 3.63) is 59.2 Å². The Labute approximate surface area is 183 Å². The molecule has 0 aliphatic carbocycles. The maximum absolute atomic E-state index is 13.5. The van der Waals surface area contributed by atoms with Gasteiger partial charge in [0, 0.05) is 18.5 Å². The van der Waals surface area contributed by atoms with Crippen LogP contribution in [0.1, 0.15) is 54.7 Å². The van der Waals surface area contributed by atoms with E-state index in [0.29, 0.717) is 25.3 Å². The maximum atomic E-state index is 13.5. The summed E-state index contributed by atoms with van der Waals surface area (Å²) in [5.41, 5.74) is 2.83. The topological polar surface area (TPSA) is 67.9 Å². The van der Waals surface area contributed by atoms with E-state index in [9.17, 15) is 9.59 Å². The van der Waals surface area contributed by atoms with Gasteiger partial charge >= 0.3 is 0 Å². The van der Waals surface area contributed by atoms with Gasteiger partial charge in [-0.1, -0.05) is 32.0 Å². The molecular formula is C25H30N2O4. The fourth-order valence-electron chi connectivity index (χ4n) is 4.28. The molecule has 0 spiro atoms. The van der Waals surface area contributed by atoms with Gasteiger partial charge in [0.2, 0.25) is 5.91 Å². The van der Waals surface area contributed by atoms with Crippen LogP contribution in [0.5, 0.6) is 11.5 Å². The van der Waals surface area contributed by atoms with Crippen molar-refractivity contribution in [2.75, 3.05) is 19.8 Å². The summed E-state index contributed by atoms with van der Waals surface area (Å²) >= 11 is 0. The number of benzene rings is 2. The zero-order valence-electron chi connectivity index (χ0n) is 18.4. The molecule has 4 rings (SSSR count). The molecule has 2 atom stereocenters. The van der Waals surface area contributed by atoms with Crippen LogP contribution in [-0.2, 0) is 11.2 Å². The Morgan fingerprint density at radius 1 is 1.06 bits per heavy atom. The smallest absolute Gasteiger partial charge is 0.251 e. The lowest BCUT2D eigenvalue weighted by atomic mass is 9.91. The third kappa shape index (κ3) is 4.38. The van der Waals surface area contributed by atoms with E-state index in [1.165, 1.54) is 5.56 Å². The molecule has 0 saturated carbocycles. The minimum atomic E-state index is -0.586. The van der Waals surface area contributed by atoms with Crippen LogP contribution in [0, 0.1) is 5.92 Å². The SMILES string of the molecule is CC(C)[C@@H](NC(=O)c1ccccc1)C(=O)N1CCc2cc3c(cc2[C@@H]1C)OCCCO3. The molecule has 1 N–H and O–H groups in total. The lowest BCUT2D eigenvalue weighted by Crippen LogP contribution is -2.53. The van der Waals surface area contributed by atoms with E-state index in [-0.39, 0.29) is 23.8 Å². The number of hydrogen-bond acceptors (Lipinski definition) is 4. The van der Waals surface area contributed by atoms with E-state index in [4.69, 9.17) is 9.47 Å². The molecule has 31 heavy (non-hydrogen) atoms. The molecule has 2 aromatic rings. The Kier molecular flexibility index (Phi) is 6.16. The number of rotatable bonds is 4. The first-order valence-corrected chi connectivity index (χ1v) is 11.0. The molecule has 0 radical (unpaired) electrons. The number of nitrogens with one attached hydrogen (secondary N) is 1. The van der Waals surface area contributed by atoms with E-state index in [0.717, 1.165) is 29.9 Å². The van der Waals surface area contributed by atoms with Crippen LogP contribution in [0.4, 0.5) is 0 Å². The lowest BCUT2D eigenvalue weighted by Gasteiger charge is -2.38. The summed E-state index contributed by atoms with van der Waals surface area (Å²) in [6.07, 6.45) is 1.61. The highest BCUT2D eigenvalue weighted by atomic mass is 16.5. The monoisotopic (exact) mass is 422 g/mol. The van der Waals surface area contributed by atoms with Gasteiger partial charge in [-0.25, -0.2) is 0 Å². The molecule has 2 amide bonds. The summed E-state index contributed by atoms with van der Waals surface area (Å²) in [5, 5.41) is 2.96. The van der Waals surface area contributed by atoms with Crippen LogP contribution in [0.3, 0.4) is 0 Å². The van der Waals surface area contributed by atoms with Crippen LogP contribution in [0.2, 0.25) is 0 Å². The molecular weight excluding hydrogens is 392 g/mol. The predicted octanol–water partition coefficient (Wildman–Crippen LogP) is 3.75. The summed E-state index contributed by atoms with van der Waals surface area (Å²) in [6.45, 7) is 7.85. The quantitative estimate of drug-likeness (QED) is 0.815. The summed E-state index contributed by atoms with van der Waals surface area (Å²) in [6, 6.07) is 12.4. The average Bonchev–Trinajstić information content (AvgIpc) is 3.01. The van der Waals surface area contributed by atoms with Crippen molar-refractivity contribution >= 4 is 11.8 Å². The number of nitrogens with zero attached hydrogens (tertiary/aromatic N) is 1. The van der Waals surface area contributed by atoms with Gasteiger partial charge in [0.15, 0.2) is 11.5 Å².